The third-order valence-corrected chi connectivity index (χ3v) is 4.39. The lowest BCUT2D eigenvalue weighted by Crippen LogP contribution is -2.21. The second-order valence-electron chi connectivity index (χ2n) is 6.20. The number of hydrogen-bond acceptors (Lipinski definition) is 4. The number of aliphatic hydroxyl groups is 1. The highest BCUT2D eigenvalue weighted by atomic mass is 16.3. The van der Waals surface area contributed by atoms with Crippen molar-refractivity contribution in [3.05, 3.63) is 66.6 Å². The maximum absolute atomic E-state index is 9.77. The summed E-state index contributed by atoms with van der Waals surface area (Å²) in [6.07, 6.45) is 6.34. The second kappa shape index (κ2) is 6.55. The first kappa shape index (κ1) is 15.1. The molecule has 0 aliphatic carbocycles. The van der Waals surface area contributed by atoms with E-state index in [1.54, 1.807) is 6.20 Å². The lowest BCUT2D eigenvalue weighted by atomic mass is 10.1. The molecule has 0 bridgehead atoms. The van der Waals surface area contributed by atoms with Crippen molar-refractivity contribution in [2.75, 3.05) is 13.1 Å². The van der Waals surface area contributed by atoms with Crippen molar-refractivity contribution in [3.8, 4) is 16.9 Å². The molecule has 0 amide bonds. The van der Waals surface area contributed by atoms with Crippen LogP contribution in [0.25, 0.3) is 16.9 Å². The molecular weight excluding hydrogens is 300 g/mol. The largest absolute Gasteiger partial charge is 0.392 e. The summed E-state index contributed by atoms with van der Waals surface area (Å²) < 4.78 is 1.92. The van der Waals surface area contributed by atoms with Gasteiger partial charge in [-0.15, -0.1) is 0 Å². The Hall–Kier alpha value is -2.50. The number of para-hydroxylation sites is 1. The van der Waals surface area contributed by atoms with Gasteiger partial charge in [-0.05, 0) is 30.7 Å². The SMILES string of the molecule is O[C@@H]1CCN(Cc2cn(-c3ccccc3)nc2-c2cccnc2)C1. The Morgan fingerprint density at radius 3 is 2.71 bits per heavy atom. The summed E-state index contributed by atoms with van der Waals surface area (Å²) in [7, 11) is 0. The zero-order chi connectivity index (χ0) is 16.4. The van der Waals surface area contributed by atoms with Gasteiger partial charge in [0.25, 0.3) is 0 Å². The average Bonchev–Trinajstić information content (AvgIpc) is 3.23. The first-order valence-electron chi connectivity index (χ1n) is 8.24. The van der Waals surface area contributed by atoms with Crippen molar-refractivity contribution < 1.29 is 5.11 Å². The van der Waals surface area contributed by atoms with Crippen LogP contribution in [-0.4, -0.2) is 44.0 Å². The van der Waals surface area contributed by atoms with E-state index in [-0.39, 0.29) is 6.10 Å². The van der Waals surface area contributed by atoms with Gasteiger partial charge >= 0.3 is 0 Å². The van der Waals surface area contributed by atoms with Crippen LogP contribution in [0.2, 0.25) is 0 Å². The molecule has 3 aromatic rings. The van der Waals surface area contributed by atoms with Crippen LogP contribution < -0.4 is 0 Å². The highest BCUT2D eigenvalue weighted by Crippen LogP contribution is 2.25. The van der Waals surface area contributed by atoms with Crippen LogP contribution in [-0.2, 0) is 6.54 Å². The van der Waals surface area contributed by atoms with Crippen LogP contribution in [0.5, 0.6) is 0 Å². The molecule has 1 saturated heterocycles. The number of pyridine rings is 1. The van der Waals surface area contributed by atoms with Gasteiger partial charge in [-0.1, -0.05) is 18.2 Å². The summed E-state index contributed by atoms with van der Waals surface area (Å²) in [5.74, 6) is 0. The van der Waals surface area contributed by atoms with E-state index in [0.29, 0.717) is 0 Å². The normalized spacial score (nSPS) is 18.1. The minimum absolute atomic E-state index is 0.212. The fraction of sp³-hybridized carbons (Fsp3) is 0.263. The Morgan fingerprint density at radius 2 is 2.00 bits per heavy atom. The van der Waals surface area contributed by atoms with Crippen molar-refractivity contribution in [3.63, 3.8) is 0 Å². The zero-order valence-corrected chi connectivity index (χ0v) is 13.4. The summed E-state index contributed by atoms with van der Waals surface area (Å²) in [5, 5.41) is 14.6. The topological polar surface area (TPSA) is 54.2 Å². The van der Waals surface area contributed by atoms with E-state index in [1.165, 1.54) is 0 Å². The third kappa shape index (κ3) is 3.09. The predicted molar refractivity (Wildman–Crippen MR) is 92.7 cm³/mol. The predicted octanol–water partition coefficient (Wildman–Crippen LogP) is 2.50. The fourth-order valence-electron chi connectivity index (χ4n) is 3.18. The van der Waals surface area contributed by atoms with E-state index in [0.717, 1.165) is 48.6 Å². The summed E-state index contributed by atoms with van der Waals surface area (Å²) in [6.45, 7) is 2.43. The molecule has 3 heterocycles. The van der Waals surface area contributed by atoms with Gasteiger partial charge in [0, 0.05) is 49.4 Å². The maximum Gasteiger partial charge on any atom is 0.0988 e. The van der Waals surface area contributed by atoms with E-state index in [4.69, 9.17) is 5.10 Å². The van der Waals surface area contributed by atoms with E-state index < -0.39 is 0 Å². The number of nitrogens with zero attached hydrogens (tertiary/aromatic N) is 4. The van der Waals surface area contributed by atoms with Crippen molar-refractivity contribution >= 4 is 0 Å². The smallest absolute Gasteiger partial charge is 0.0988 e. The van der Waals surface area contributed by atoms with Crippen molar-refractivity contribution in [1.82, 2.24) is 19.7 Å². The first-order valence-corrected chi connectivity index (χ1v) is 8.24. The lowest BCUT2D eigenvalue weighted by Gasteiger charge is -2.14. The summed E-state index contributed by atoms with van der Waals surface area (Å²) in [4.78, 5) is 6.50. The van der Waals surface area contributed by atoms with Gasteiger partial charge in [0.1, 0.15) is 0 Å². The molecule has 5 heteroatoms. The van der Waals surface area contributed by atoms with Gasteiger partial charge in [0.2, 0.25) is 0 Å². The number of rotatable bonds is 4. The van der Waals surface area contributed by atoms with Crippen LogP contribution in [0, 0.1) is 0 Å². The molecule has 1 fully saturated rings. The Morgan fingerprint density at radius 1 is 1.12 bits per heavy atom. The van der Waals surface area contributed by atoms with Gasteiger partial charge in [0.05, 0.1) is 17.5 Å². The number of hydrogen-bond donors (Lipinski definition) is 1. The first-order chi connectivity index (χ1) is 11.8. The van der Waals surface area contributed by atoms with Crippen LogP contribution in [0.3, 0.4) is 0 Å². The van der Waals surface area contributed by atoms with Gasteiger partial charge < -0.3 is 5.11 Å². The summed E-state index contributed by atoms with van der Waals surface area (Å²) in [6, 6.07) is 14.1. The quantitative estimate of drug-likeness (QED) is 0.802. The zero-order valence-electron chi connectivity index (χ0n) is 13.4. The molecule has 0 saturated carbocycles. The monoisotopic (exact) mass is 320 g/mol. The Kier molecular flexibility index (Phi) is 4.11. The third-order valence-electron chi connectivity index (χ3n) is 4.39. The molecule has 0 radical (unpaired) electrons. The number of aliphatic hydroxyl groups excluding tert-OH is 1. The number of likely N-dealkylation sites (tertiary alicyclic amines) is 1. The minimum atomic E-state index is -0.212. The molecule has 1 aliphatic heterocycles. The maximum atomic E-state index is 9.77. The van der Waals surface area contributed by atoms with E-state index in [9.17, 15) is 5.11 Å². The van der Waals surface area contributed by atoms with E-state index >= 15 is 0 Å². The molecule has 1 aromatic carbocycles. The van der Waals surface area contributed by atoms with Gasteiger partial charge in [-0.2, -0.15) is 5.10 Å². The lowest BCUT2D eigenvalue weighted by molar-refractivity contribution is 0.175. The molecule has 4 rings (SSSR count). The molecule has 1 aliphatic rings. The highest BCUT2D eigenvalue weighted by Gasteiger charge is 2.22. The minimum Gasteiger partial charge on any atom is -0.392 e. The van der Waals surface area contributed by atoms with Crippen molar-refractivity contribution in [2.24, 2.45) is 0 Å². The van der Waals surface area contributed by atoms with Gasteiger partial charge in [0.15, 0.2) is 0 Å². The molecule has 122 valence electrons. The molecular formula is C19H20N4O. The van der Waals surface area contributed by atoms with Gasteiger partial charge in [-0.25, -0.2) is 4.68 Å². The highest BCUT2D eigenvalue weighted by molar-refractivity contribution is 5.62. The van der Waals surface area contributed by atoms with E-state index in [2.05, 4.69) is 16.1 Å². The van der Waals surface area contributed by atoms with Crippen LogP contribution in [0.4, 0.5) is 0 Å². The summed E-state index contributed by atoms with van der Waals surface area (Å²) in [5.41, 5.74) is 4.16. The molecule has 1 atom stereocenters. The fourth-order valence-corrected chi connectivity index (χ4v) is 3.18. The van der Waals surface area contributed by atoms with Gasteiger partial charge in [-0.3, -0.25) is 9.88 Å². The Balaban J connectivity index is 1.71. The van der Waals surface area contributed by atoms with Crippen molar-refractivity contribution in [1.29, 1.82) is 0 Å². The summed E-state index contributed by atoms with van der Waals surface area (Å²) >= 11 is 0. The number of β-amino-alcohol motifs (C(OH)–C–C–N with tert-alkyl or cyclic N) is 1. The van der Waals surface area contributed by atoms with Crippen molar-refractivity contribution in [2.45, 2.75) is 19.1 Å². The van der Waals surface area contributed by atoms with Crippen LogP contribution >= 0.6 is 0 Å². The molecule has 2 aromatic heterocycles. The molecule has 24 heavy (non-hydrogen) atoms. The molecule has 0 unspecified atom stereocenters. The number of aromatic nitrogens is 3. The van der Waals surface area contributed by atoms with Crippen LogP contribution in [0.1, 0.15) is 12.0 Å². The Bertz CT molecular complexity index is 801. The Labute approximate surface area is 141 Å². The molecule has 5 nitrogen and oxygen atoms in total. The second-order valence-corrected chi connectivity index (χ2v) is 6.20. The number of benzene rings is 1. The van der Waals surface area contributed by atoms with E-state index in [1.807, 2.05) is 53.3 Å². The molecule has 0 spiro atoms. The molecule has 1 N–H and O–H groups in total. The average molecular weight is 320 g/mol. The standard InChI is InChI=1S/C19H20N4O/c24-18-8-10-22(14-18)12-16-13-23(17-6-2-1-3-7-17)21-19(16)15-5-4-9-20-11-15/h1-7,9,11,13,18,24H,8,10,12,14H2/t18-/m1/s1. The van der Waals surface area contributed by atoms with Crippen LogP contribution in [0.15, 0.2) is 61.1 Å².